The van der Waals surface area contributed by atoms with Gasteiger partial charge in [0.05, 0.1) is 5.56 Å². The molecular weight excluding hydrogens is 354 g/mol. The summed E-state index contributed by atoms with van der Waals surface area (Å²) in [7, 11) is 0. The number of halogens is 2. The van der Waals surface area contributed by atoms with Gasteiger partial charge in [-0.15, -0.1) is 0 Å². The number of fused-ring (bicyclic) bond motifs is 1. The Morgan fingerprint density at radius 2 is 2.00 bits per heavy atom. The predicted octanol–water partition coefficient (Wildman–Crippen LogP) is 4.54. The molecule has 4 rings (SSSR count). The Hall–Kier alpha value is -2.34. The number of hydrogen-bond donors (Lipinski definition) is 0. The molecule has 1 aromatic carbocycles. The Labute approximate surface area is 154 Å². The van der Waals surface area contributed by atoms with E-state index < -0.39 is 5.82 Å². The van der Waals surface area contributed by atoms with E-state index in [2.05, 4.69) is 0 Å². The molecule has 1 unspecified atom stereocenters. The molecule has 134 valence electrons. The Balaban J connectivity index is 1.51. The summed E-state index contributed by atoms with van der Waals surface area (Å²) in [6.45, 7) is 1.13. The molecule has 1 amide bonds. The SMILES string of the molecule is O=C(c1cc2ccccn2c1)N1CCSC(c2cc(F)ccc2F)CC1. The molecule has 26 heavy (non-hydrogen) atoms. The van der Waals surface area contributed by atoms with E-state index in [-0.39, 0.29) is 17.0 Å². The molecule has 3 nitrogen and oxygen atoms in total. The van der Waals surface area contributed by atoms with Gasteiger partial charge in [-0.25, -0.2) is 8.78 Å². The smallest absolute Gasteiger partial charge is 0.255 e. The number of carbonyl (C=O) groups is 1. The number of aromatic nitrogens is 1. The molecule has 2 aromatic heterocycles. The van der Waals surface area contributed by atoms with Crippen molar-refractivity contribution in [3.05, 3.63) is 77.6 Å². The van der Waals surface area contributed by atoms with Crippen LogP contribution < -0.4 is 0 Å². The summed E-state index contributed by atoms with van der Waals surface area (Å²) in [5.41, 5.74) is 2.01. The summed E-state index contributed by atoms with van der Waals surface area (Å²) in [6.07, 6.45) is 4.34. The fraction of sp³-hybridized carbons (Fsp3) is 0.250. The number of nitrogens with zero attached hydrogens (tertiary/aromatic N) is 2. The molecule has 0 radical (unpaired) electrons. The first-order chi connectivity index (χ1) is 12.6. The zero-order chi connectivity index (χ0) is 18.1. The lowest BCUT2D eigenvalue weighted by Crippen LogP contribution is -2.32. The van der Waals surface area contributed by atoms with E-state index in [9.17, 15) is 13.6 Å². The van der Waals surface area contributed by atoms with Crippen LogP contribution in [0.25, 0.3) is 5.52 Å². The fourth-order valence-corrected chi connectivity index (χ4v) is 4.58. The van der Waals surface area contributed by atoms with Crippen molar-refractivity contribution >= 4 is 23.2 Å². The third-order valence-corrected chi connectivity index (χ3v) is 6.00. The van der Waals surface area contributed by atoms with Crippen molar-refractivity contribution in [2.24, 2.45) is 0 Å². The van der Waals surface area contributed by atoms with Crippen molar-refractivity contribution in [1.29, 1.82) is 0 Å². The van der Waals surface area contributed by atoms with E-state index in [4.69, 9.17) is 0 Å². The average molecular weight is 372 g/mol. The maximum atomic E-state index is 14.1. The predicted molar refractivity (Wildman–Crippen MR) is 99.5 cm³/mol. The van der Waals surface area contributed by atoms with Crippen LogP contribution in [-0.4, -0.2) is 34.1 Å². The van der Waals surface area contributed by atoms with Crippen LogP contribution in [0.15, 0.2) is 54.9 Å². The molecular formula is C20H18F2N2OS. The number of hydrogen-bond acceptors (Lipinski definition) is 2. The van der Waals surface area contributed by atoms with Crippen molar-refractivity contribution in [3.8, 4) is 0 Å². The highest BCUT2D eigenvalue weighted by atomic mass is 32.2. The highest BCUT2D eigenvalue weighted by Gasteiger charge is 2.25. The van der Waals surface area contributed by atoms with Gasteiger partial charge in [0.1, 0.15) is 11.6 Å². The molecule has 1 saturated heterocycles. The first-order valence-corrected chi connectivity index (χ1v) is 9.59. The second kappa shape index (κ2) is 7.11. The maximum absolute atomic E-state index is 14.1. The van der Waals surface area contributed by atoms with Gasteiger partial charge >= 0.3 is 0 Å². The lowest BCUT2D eigenvalue weighted by molar-refractivity contribution is 0.0766. The van der Waals surface area contributed by atoms with Gasteiger partial charge in [-0.05, 0) is 42.8 Å². The molecule has 0 saturated carbocycles. The summed E-state index contributed by atoms with van der Waals surface area (Å²) in [5, 5.41) is -0.142. The van der Waals surface area contributed by atoms with Crippen molar-refractivity contribution in [1.82, 2.24) is 9.30 Å². The van der Waals surface area contributed by atoms with Crippen LogP contribution in [0.5, 0.6) is 0 Å². The van der Waals surface area contributed by atoms with Crippen LogP contribution in [0.4, 0.5) is 8.78 Å². The minimum absolute atomic E-state index is 0.0188. The molecule has 1 atom stereocenters. The van der Waals surface area contributed by atoms with E-state index in [1.165, 1.54) is 12.1 Å². The van der Waals surface area contributed by atoms with E-state index >= 15 is 0 Å². The summed E-state index contributed by atoms with van der Waals surface area (Å²) in [6, 6.07) is 11.3. The van der Waals surface area contributed by atoms with Gasteiger partial charge in [-0.3, -0.25) is 4.79 Å². The molecule has 0 N–H and O–H groups in total. The van der Waals surface area contributed by atoms with Crippen molar-refractivity contribution in [2.75, 3.05) is 18.8 Å². The standard InChI is InChI=1S/C20H18F2N2OS/c21-15-4-5-18(22)17(12-15)19-6-8-23(9-10-26-19)20(25)14-11-16-3-1-2-7-24(16)13-14/h1-5,7,11-13,19H,6,8-10H2. The quantitative estimate of drug-likeness (QED) is 0.660. The van der Waals surface area contributed by atoms with Gasteiger partial charge in [0.2, 0.25) is 0 Å². The average Bonchev–Trinajstić information content (AvgIpc) is 2.93. The van der Waals surface area contributed by atoms with Gasteiger partial charge < -0.3 is 9.30 Å². The molecule has 1 aliphatic heterocycles. The monoisotopic (exact) mass is 372 g/mol. The number of pyridine rings is 1. The molecule has 3 aromatic rings. The largest absolute Gasteiger partial charge is 0.338 e. The molecule has 1 aliphatic rings. The zero-order valence-electron chi connectivity index (χ0n) is 14.1. The van der Waals surface area contributed by atoms with Gasteiger partial charge in [0.15, 0.2) is 0 Å². The Morgan fingerprint density at radius 3 is 2.85 bits per heavy atom. The van der Waals surface area contributed by atoms with Crippen molar-refractivity contribution in [2.45, 2.75) is 11.7 Å². The zero-order valence-corrected chi connectivity index (χ0v) is 14.9. The second-order valence-corrected chi connectivity index (χ2v) is 7.68. The molecule has 3 heterocycles. The number of rotatable bonds is 2. The fourth-order valence-electron chi connectivity index (χ4n) is 3.34. The number of benzene rings is 1. The first kappa shape index (κ1) is 17.1. The molecule has 0 bridgehead atoms. The second-order valence-electron chi connectivity index (χ2n) is 6.37. The van der Waals surface area contributed by atoms with Crippen LogP contribution in [0.2, 0.25) is 0 Å². The van der Waals surface area contributed by atoms with Gasteiger partial charge in [-0.2, -0.15) is 11.8 Å². The maximum Gasteiger partial charge on any atom is 0.255 e. The molecule has 6 heteroatoms. The third kappa shape index (κ3) is 3.33. The Bertz CT molecular complexity index is 923. The van der Waals surface area contributed by atoms with E-state index in [0.717, 1.165) is 11.6 Å². The normalized spacial score (nSPS) is 18.1. The minimum Gasteiger partial charge on any atom is -0.338 e. The Kier molecular flexibility index (Phi) is 4.68. The van der Waals surface area contributed by atoms with E-state index in [1.54, 1.807) is 16.7 Å². The lowest BCUT2D eigenvalue weighted by atomic mass is 10.1. The summed E-state index contributed by atoms with van der Waals surface area (Å²) >= 11 is 1.58. The van der Waals surface area contributed by atoms with Crippen molar-refractivity contribution in [3.63, 3.8) is 0 Å². The summed E-state index contributed by atoms with van der Waals surface area (Å²) in [4.78, 5) is 14.7. The van der Waals surface area contributed by atoms with Crippen LogP contribution in [0.1, 0.15) is 27.6 Å². The topological polar surface area (TPSA) is 24.7 Å². The highest BCUT2D eigenvalue weighted by molar-refractivity contribution is 7.99. The number of amides is 1. The van der Waals surface area contributed by atoms with E-state index in [0.29, 0.717) is 36.4 Å². The van der Waals surface area contributed by atoms with Gasteiger partial charge in [0.25, 0.3) is 5.91 Å². The van der Waals surface area contributed by atoms with Crippen LogP contribution >= 0.6 is 11.8 Å². The first-order valence-electron chi connectivity index (χ1n) is 8.54. The van der Waals surface area contributed by atoms with E-state index in [1.807, 2.05) is 41.1 Å². The Morgan fingerprint density at radius 1 is 1.12 bits per heavy atom. The van der Waals surface area contributed by atoms with Crippen LogP contribution in [0, 0.1) is 11.6 Å². The molecule has 0 aliphatic carbocycles. The number of thioether (sulfide) groups is 1. The minimum atomic E-state index is -0.431. The van der Waals surface area contributed by atoms with Gasteiger partial charge in [0, 0.05) is 47.6 Å². The van der Waals surface area contributed by atoms with Gasteiger partial charge in [-0.1, -0.05) is 6.07 Å². The number of carbonyl (C=O) groups excluding carboxylic acids is 1. The molecule has 0 spiro atoms. The third-order valence-electron chi connectivity index (χ3n) is 4.68. The van der Waals surface area contributed by atoms with Crippen LogP contribution in [0.3, 0.4) is 0 Å². The summed E-state index contributed by atoms with van der Waals surface area (Å²) < 4.78 is 29.5. The highest BCUT2D eigenvalue weighted by Crippen LogP contribution is 2.36. The molecule has 1 fully saturated rings. The van der Waals surface area contributed by atoms with Crippen LogP contribution in [-0.2, 0) is 0 Å². The lowest BCUT2D eigenvalue weighted by Gasteiger charge is -2.19. The summed E-state index contributed by atoms with van der Waals surface area (Å²) in [5.74, 6) is -0.142. The van der Waals surface area contributed by atoms with Crippen molar-refractivity contribution < 1.29 is 13.6 Å².